The number of furan rings is 2. The fourth-order valence-corrected chi connectivity index (χ4v) is 1.99. The number of carbonyl (C=O) groups is 1. The first-order valence-corrected chi connectivity index (χ1v) is 6.24. The van der Waals surface area contributed by atoms with Gasteiger partial charge in [-0.15, -0.1) is 0 Å². The molecule has 0 aromatic carbocycles. The Labute approximate surface area is 107 Å². The molecule has 0 spiro atoms. The van der Waals surface area contributed by atoms with Crippen LogP contribution >= 0.6 is 0 Å². The summed E-state index contributed by atoms with van der Waals surface area (Å²) in [6.07, 6.45) is 7.10. The standard InChI is InChI=1S/C15H18O3/c1-11(7-14-8-12(2)9-18-14)3-4-15(16)13-5-6-17-10-13/h5-6,8-11H,3-4,7H2,1-2H3/t11-/m0/s1. The van der Waals surface area contributed by atoms with Crippen LogP contribution in [0.4, 0.5) is 0 Å². The Kier molecular flexibility index (Phi) is 4.03. The second kappa shape index (κ2) is 5.71. The number of aryl methyl sites for hydroxylation is 1. The van der Waals surface area contributed by atoms with Crippen molar-refractivity contribution in [2.24, 2.45) is 5.92 Å². The zero-order valence-electron chi connectivity index (χ0n) is 10.8. The van der Waals surface area contributed by atoms with Crippen LogP contribution < -0.4 is 0 Å². The SMILES string of the molecule is Cc1coc(C[C@@H](C)CCC(=O)c2ccoc2)c1. The van der Waals surface area contributed by atoms with Crippen LogP contribution in [-0.4, -0.2) is 5.78 Å². The molecule has 3 nitrogen and oxygen atoms in total. The summed E-state index contributed by atoms with van der Waals surface area (Å²) in [5.41, 5.74) is 1.81. The molecular weight excluding hydrogens is 228 g/mol. The number of hydrogen-bond donors (Lipinski definition) is 0. The van der Waals surface area contributed by atoms with E-state index in [4.69, 9.17) is 8.83 Å². The van der Waals surface area contributed by atoms with E-state index < -0.39 is 0 Å². The maximum Gasteiger partial charge on any atom is 0.166 e. The lowest BCUT2D eigenvalue weighted by Crippen LogP contribution is -2.04. The van der Waals surface area contributed by atoms with Gasteiger partial charge in [0.2, 0.25) is 0 Å². The van der Waals surface area contributed by atoms with Crippen molar-refractivity contribution in [1.29, 1.82) is 0 Å². The summed E-state index contributed by atoms with van der Waals surface area (Å²) in [7, 11) is 0. The molecule has 2 rings (SSSR count). The van der Waals surface area contributed by atoms with Gasteiger partial charge in [0, 0.05) is 12.8 Å². The lowest BCUT2D eigenvalue weighted by Gasteiger charge is -2.08. The van der Waals surface area contributed by atoms with Gasteiger partial charge in [0.05, 0.1) is 18.1 Å². The lowest BCUT2D eigenvalue weighted by molar-refractivity contribution is 0.0973. The highest BCUT2D eigenvalue weighted by atomic mass is 16.3. The van der Waals surface area contributed by atoms with E-state index in [-0.39, 0.29) is 5.78 Å². The molecule has 0 aliphatic rings. The fraction of sp³-hybridized carbons (Fsp3) is 0.400. The molecule has 2 heterocycles. The van der Waals surface area contributed by atoms with Crippen LogP contribution in [0.2, 0.25) is 0 Å². The largest absolute Gasteiger partial charge is 0.472 e. The van der Waals surface area contributed by atoms with Crippen LogP contribution in [0.3, 0.4) is 0 Å². The summed E-state index contributed by atoms with van der Waals surface area (Å²) in [6, 6.07) is 3.76. The second-order valence-corrected chi connectivity index (χ2v) is 4.87. The zero-order valence-corrected chi connectivity index (χ0v) is 10.8. The van der Waals surface area contributed by atoms with Gasteiger partial charge in [-0.1, -0.05) is 6.92 Å². The van der Waals surface area contributed by atoms with E-state index in [2.05, 4.69) is 6.92 Å². The Morgan fingerprint density at radius 1 is 1.39 bits per heavy atom. The third-order valence-electron chi connectivity index (χ3n) is 3.04. The molecule has 18 heavy (non-hydrogen) atoms. The molecule has 0 bridgehead atoms. The lowest BCUT2D eigenvalue weighted by atomic mass is 9.97. The highest BCUT2D eigenvalue weighted by molar-refractivity contribution is 5.95. The first kappa shape index (κ1) is 12.7. The number of rotatable bonds is 6. The Balaban J connectivity index is 1.78. The van der Waals surface area contributed by atoms with E-state index >= 15 is 0 Å². The molecule has 96 valence electrons. The van der Waals surface area contributed by atoms with Crippen molar-refractivity contribution in [3.8, 4) is 0 Å². The minimum atomic E-state index is 0.145. The van der Waals surface area contributed by atoms with Crippen LogP contribution in [0.25, 0.3) is 0 Å². The number of ketones is 1. The minimum absolute atomic E-state index is 0.145. The molecule has 0 saturated heterocycles. The van der Waals surface area contributed by atoms with Gasteiger partial charge in [-0.3, -0.25) is 4.79 Å². The molecule has 0 N–H and O–H groups in total. The van der Waals surface area contributed by atoms with Gasteiger partial charge < -0.3 is 8.83 Å². The monoisotopic (exact) mass is 246 g/mol. The van der Waals surface area contributed by atoms with Crippen molar-refractivity contribution in [2.45, 2.75) is 33.1 Å². The molecule has 0 aliphatic heterocycles. The van der Waals surface area contributed by atoms with Crippen molar-refractivity contribution in [3.05, 3.63) is 47.8 Å². The fourth-order valence-electron chi connectivity index (χ4n) is 1.99. The quantitative estimate of drug-likeness (QED) is 0.723. The summed E-state index contributed by atoms with van der Waals surface area (Å²) in [4.78, 5) is 11.8. The number of Topliss-reactive ketones (excluding diaryl/α,β-unsaturated/α-hetero) is 1. The molecule has 0 saturated carbocycles. The van der Waals surface area contributed by atoms with Crippen molar-refractivity contribution in [1.82, 2.24) is 0 Å². The Morgan fingerprint density at radius 3 is 2.83 bits per heavy atom. The van der Waals surface area contributed by atoms with E-state index in [0.717, 1.165) is 24.2 Å². The first-order chi connectivity index (χ1) is 8.65. The molecule has 2 aromatic heterocycles. The van der Waals surface area contributed by atoms with Gasteiger partial charge in [0.25, 0.3) is 0 Å². The van der Waals surface area contributed by atoms with E-state index in [1.807, 2.05) is 13.0 Å². The molecule has 0 amide bonds. The van der Waals surface area contributed by atoms with Crippen molar-refractivity contribution >= 4 is 5.78 Å². The molecular formula is C15H18O3. The Morgan fingerprint density at radius 2 is 2.22 bits per heavy atom. The molecule has 1 atom stereocenters. The second-order valence-electron chi connectivity index (χ2n) is 4.87. The molecule has 0 aliphatic carbocycles. The van der Waals surface area contributed by atoms with Crippen molar-refractivity contribution in [3.63, 3.8) is 0 Å². The van der Waals surface area contributed by atoms with E-state index in [9.17, 15) is 4.79 Å². The van der Waals surface area contributed by atoms with Gasteiger partial charge in [-0.25, -0.2) is 0 Å². The zero-order chi connectivity index (χ0) is 13.0. The summed E-state index contributed by atoms with van der Waals surface area (Å²) in [5, 5.41) is 0. The molecule has 3 heteroatoms. The highest BCUT2D eigenvalue weighted by Crippen LogP contribution is 2.17. The summed E-state index contributed by atoms with van der Waals surface area (Å²) in [5.74, 6) is 1.58. The van der Waals surface area contributed by atoms with Gasteiger partial charge >= 0.3 is 0 Å². The Hall–Kier alpha value is -1.77. The summed E-state index contributed by atoms with van der Waals surface area (Å²) < 4.78 is 10.3. The highest BCUT2D eigenvalue weighted by Gasteiger charge is 2.11. The van der Waals surface area contributed by atoms with Crippen LogP contribution in [0.15, 0.2) is 39.8 Å². The normalized spacial score (nSPS) is 12.6. The van der Waals surface area contributed by atoms with Gasteiger partial charge in [-0.05, 0) is 37.0 Å². The van der Waals surface area contributed by atoms with Crippen LogP contribution in [-0.2, 0) is 6.42 Å². The van der Waals surface area contributed by atoms with Crippen LogP contribution in [0, 0.1) is 12.8 Å². The van der Waals surface area contributed by atoms with Crippen LogP contribution in [0.1, 0.15) is 41.4 Å². The number of carbonyl (C=O) groups excluding carboxylic acids is 1. The van der Waals surface area contributed by atoms with Crippen molar-refractivity contribution in [2.75, 3.05) is 0 Å². The van der Waals surface area contributed by atoms with E-state index in [1.165, 1.54) is 12.5 Å². The van der Waals surface area contributed by atoms with Crippen LogP contribution in [0.5, 0.6) is 0 Å². The van der Waals surface area contributed by atoms with Gasteiger partial charge in [-0.2, -0.15) is 0 Å². The first-order valence-electron chi connectivity index (χ1n) is 6.24. The summed E-state index contributed by atoms with van der Waals surface area (Å²) >= 11 is 0. The average molecular weight is 246 g/mol. The van der Waals surface area contributed by atoms with E-state index in [1.54, 1.807) is 12.3 Å². The predicted molar refractivity (Wildman–Crippen MR) is 68.6 cm³/mol. The third kappa shape index (κ3) is 3.36. The molecule has 0 fully saturated rings. The minimum Gasteiger partial charge on any atom is -0.472 e. The van der Waals surface area contributed by atoms with Gasteiger partial charge in [0.1, 0.15) is 12.0 Å². The predicted octanol–water partition coefficient (Wildman–Crippen LogP) is 4.02. The average Bonchev–Trinajstić information content (AvgIpc) is 2.97. The maximum absolute atomic E-state index is 11.8. The molecule has 2 aromatic rings. The Bertz CT molecular complexity index is 494. The molecule has 0 unspecified atom stereocenters. The van der Waals surface area contributed by atoms with Gasteiger partial charge in [0.15, 0.2) is 5.78 Å². The molecule has 0 radical (unpaired) electrons. The maximum atomic E-state index is 11.8. The number of hydrogen-bond acceptors (Lipinski definition) is 3. The van der Waals surface area contributed by atoms with Crippen molar-refractivity contribution < 1.29 is 13.6 Å². The topological polar surface area (TPSA) is 43.4 Å². The third-order valence-corrected chi connectivity index (χ3v) is 3.04. The summed E-state index contributed by atoms with van der Waals surface area (Å²) in [6.45, 7) is 4.15. The smallest absolute Gasteiger partial charge is 0.166 e. The van der Waals surface area contributed by atoms with E-state index in [0.29, 0.717) is 17.9 Å².